The van der Waals surface area contributed by atoms with E-state index in [1.54, 1.807) is 0 Å². The van der Waals surface area contributed by atoms with Crippen LogP contribution in [0.15, 0.2) is 35.1 Å². The van der Waals surface area contributed by atoms with Gasteiger partial charge in [0.1, 0.15) is 0 Å². The number of carbonyl (C=O) groups is 1. The molecule has 1 aromatic carbocycles. The molecule has 1 aromatic heterocycles. The molecule has 0 saturated heterocycles. The van der Waals surface area contributed by atoms with Gasteiger partial charge in [0.2, 0.25) is 0 Å². The lowest BCUT2D eigenvalue weighted by molar-refractivity contribution is 0.0868. The molecule has 0 aliphatic carbocycles. The summed E-state index contributed by atoms with van der Waals surface area (Å²) in [5.74, 6) is 0.171. The summed E-state index contributed by atoms with van der Waals surface area (Å²) >= 11 is 0. The maximum absolute atomic E-state index is 12.1. The zero-order valence-electron chi connectivity index (χ0n) is 12.5. The largest absolute Gasteiger partial charge is 0.443 e. The first-order chi connectivity index (χ1) is 9.99. The number of nitrogens with one attached hydrogen (secondary N) is 1. The second-order valence-corrected chi connectivity index (χ2v) is 5.42. The number of nitrogens with zero attached hydrogens (tertiary/aromatic N) is 1. The van der Waals surface area contributed by atoms with Crippen LogP contribution < -0.4 is 5.32 Å². The summed E-state index contributed by atoms with van der Waals surface area (Å²) in [4.78, 5) is 16.1. The number of rotatable bonds is 5. The van der Waals surface area contributed by atoms with Crippen LogP contribution in [0.1, 0.15) is 29.9 Å². The van der Waals surface area contributed by atoms with E-state index in [9.17, 15) is 9.90 Å². The number of aliphatic hydroxyl groups is 1. The number of benzene rings is 1. The molecule has 0 radical (unpaired) electrons. The lowest BCUT2D eigenvalue weighted by Gasteiger charge is -2.14. The summed E-state index contributed by atoms with van der Waals surface area (Å²) in [6.45, 7) is 5.97. The molecule has 2 N–H and O–H groups in total. The van der Waals surface area contributed by atoms with Crippen LogP contribution in [0.3, 0.4) is 0 Å². The Hall–Kier alpha value is -2.14. The van der Waals surface area contributed by atoms with Crippen molar-refractivity contribution in [1.82, 2.24) is 10.3 Å². The van der Waals surface area contributed by atoms with Crippen LogP contribution in [0.2, 0.25) is 0 Å². The third kappa shape index (κ3) is 3.70. The van der Waals surface area contributed by atoms with Gasteiger partial charge in [-0.15, -0.1) is 0 Å². The van der Waals surface area contributed by atoms with E-state index >= 15 is 0 Å². The summed E-state index contributed by atoms with van der Waals surface area (Å²) in [5, 5.41) is 12.4. The number of carbonyl (C=O) groups excluding carboxylic acids is 1. The van der Waals surface area contributed by atoms with Gasteiger partial charge in [0, 0.05) is 12.1 Å². The van der Waals surface area contributed by atoms with Crippen molar-refractivity contribution in [2.75, 3.05) is 6.54 Å². The topological polar surface area (TPSA) is 75.4 Å². The molecule has 112 valence electrons. The highest BCUT2D eigenvalue weighted by molar-refractivity contribution is 5.97. The molecule has 0 saturated carbocycles. The summed E-state index contributed by atoms with van der Waals surface area (Å²) in [5.41, 5.74) is 2.16. The molecule has 2 aromatic rings. The molecule has 5 nitrogen and oxygen atoms in total. The second-order valence-electron chi connectivity index (χ2n) is 5.42. The Balaban J connectivity index is 2.13. The number of aromatic nitrogens is 1. The molecule has 0 bridgehead atoms. The molecule has 0 aliphatic heterocycles. The van der Waals surface area contributed by atoms with Gasteiger partial charge in [-0.2, -0.15) is 0 Å². The van der Waals surface area contributed by atoms with Crippen molar-refractivity contribution >= 4 is 5.91 Å². The molecule has 0 unspecified atom stereocenters. The number of aliphatic hydroxyl groups excluding tert-OH is 1. The predicted molar refractivity (Wildman–Crippen MR) is 79.9 cm³/mol. The predicted octanol–water partition coefficient (Wildman–Crippen LogP) is 2.40. The average molecular weight is 288 g/mol. The molecule has 5 heteroatoms. The Kier molecular flexibility index (Phi) is 4.75. The molecular formula is C16H20N2O3. The fraction of sp³-hybridized carbons (Fsp3) is 0.375. The van der Waals surface area contributed by atoms with Crippen molar-refractivity contribution in [2.45, 2.75) is 26.9 Å². The molecule has 0 spiro atoms. The second kappa shape index (κ2) is 6.54. The van der Waals surface area contributed by atoms with E-state index in [1.807, 2.05) is 45.0 Å². The monoisotopic (exact) mass is 288 g/mol. The number of hydrogen-bond acceptors (Lipinski definition) is 4. The van der Waals surface area contributed by atoms with Crippen LogP contribution in [0, 0.1) is 12.8 Å². The van der Waals surface area contributed by atoms with Gasteiger partial charge < -0.3 is 14.8 Å². The standard InChI is InChI=1S/C16H20N2O3/c1-10(2)13(19)8-17-16(20)14-15(21-9-18-14)12-6-4-11(3)5-7-12/h4-7,9-10,13,19H,8H2,1-3H3,(H,17,20)/t13-/m1/s1. The molecule has 0 fully saturated rings. The minimum Gasteiger partial charge on any atom is -0.443 e. The van der Waals surface area contributed by atoms with Crippen molar-refractivity contribution in [3.05, 3.63) is 41.9 Å². The van der Waals surface area contributed by atoms with Gasteiger partial charge in [0.25, 0.3) is 5.91 Å². The first-order valence-electron chi connectivity index (χ1n) is 6.96. The zero-order chi connectivity index (χ0) is 15.4. The van der Waals surface area contributed by atoms with Gasteiger partial charge in [-0.25, -0.2) is 4.98 Å². The molecular weight excluding hydrogens is 268 g/mol. The molecule has 2 rings (SSSR count). The smallest absolute Gasteiger partial charge is 0.274 e. The SMILES string of the molecule is Cc1ccc(-c2ocnc2C(=O)NC[C@@H](O)C(C)C)cc1. The highest BCUT2D eigenvalue weighted by atomic mass is 16.3. The van der Waals surface area contributed by atoms with Crippen molar-refractivity contribution in [3.8, 4) is 11.3 Å². The fourth-order valence-electron chi connectivity index (χ4n) is 1.83. The quantitative estimate of drug-likeness (QED) is 0.886. The van der Waals surface area contributed by atoms with Crippen molar-refractivity contribution < 1.29 is 14.3 Å². The van der Waals surface area contributed by atoms with Crippen LogP contribution in [0.25, 0.3) is 11.3 Å². The third-order valence-electron chi connectivity index (χ3n) is 3.34. The average Bonchev–Trinajstić information content (AvgIpc) is 2.94. The summed E-state index contributed by atoms with van der Waals surface area (Å²) in [7, 11) is 0. The Labute approximate surface area is 124 Å². The number of aryl methyl sites for hydroxylation is 1. The molecule has 1 atom stereocenters. The van der Waals surface area contributed by atoms with Gasteiger partial charge in [0.15, 0.2) is 17.8 Å². The molecule has 1 heterocycles. The van der Waals surface area contributed by atoms with E-state index in [-0.39, 0.29) is 24.1 Å². The van der Waals surface area contributed by atoms with Gasteiger partial charge in [-0.1, -0.05) is 43.7 Å². The lowest BCUT2D eigenvalue weighted by Crippen LogP contribution is -2.35. The number of oxazole rings is 1. The van der Waals surface area contributed by atoms with Crippen LogP contribution >= 0.6 is 0 Å². The van der Waals surface area contributed by atoms with E-state index in [1.165, 1.54) is 6.39 Å². The first-order valence-corrected chi connectivity index (χ1v) is 6.96. The molecule has 21 heavy (non-hydrogen) atoms. The van der Waals surface area contributed by atoms with Crippen LogP contribution in [0.5, 0.6) is 0 Å². The normalized spacial score (nSPS) is 12.4. The van der Waals surface area contributed by atoms with Gasteiger partial charge >= 0.3 is 0 Å². The summed E-state index contributed by atoms with van der Waals surface area (Å²) in [6.07, 6.45) is 0.673. The summed E-state index contributed by atoms with van der Waals surface area (Å²) < 4.78 is 5.33. The molecule has 0 aliphatic rings. The minimum absolute atomic E-state index is 0.0826. The Bertz CT molecular complexity index is 602. The maximum atomic E-state index is 12.1. The van der Waals surface area contributed by atoms with Crippen molar-refractivity contribution in [1.29, 1.82) is 0 Å². The van der Waals surface area contributed by atoms with Crippen LogP contribution in [-0.4, -0.2) is 28.6 Å². The van der Waals surface area contributed by atoms with Crippen molar-refractivity contribution in [3.63, 3.8) is 0 Å². The number of hydrogen-bond donors (Lipinski definition) is 2. The number of amides is 1. The highest BCUT2D eigenvalue weighted by Crippen LogP contribution is 2.23. The van der Waals surface area contributed by atoms with Gasteiger partial charge in [-0.3, -0.25) is 4.79 Å². The fourth-order valence-corrected chi connectivity index (χ4v) is 1.83. The highest BCUT2D eigenvalue weighted by Gasteiger charge is 2.19. The maximum Gasteiger partial charge on any atom is 0.274 e. The van der Waals surface area contributed by atoms with Crippen molar-refractivity contribution in [2.24, 2.45) is 5.92 Å². The zero-order valence-corrected chi connectivity index (χ0v) is 12.5. The van der Waals surface area contributed by atoms with Crippen LogP contribution in [-0.2, 0) is 0 Å². The van der Waals surface area contributed by atoms with Crippen LogP contribution in [0.4, 0.5) is 0 Å². The van der Waals surface area contributed by atoms with E-state index in [0.717, 1.165) is 11.1 Å². The van der Waals surface area contributed by atoms with Gasteiger partial charge in [0.05, 0.1) is 6.10 Å². The Morgan fingerprint density at radius 1 is 1.33 bits per heavy atom. The Morgan fingerprint density at radius 3 is 2.62 bits per heavy atom. The van der Waals surface area contributed by atoms with E-state index < -0.39 is 6.10 Å². The van der Waals surface area contributed by atoms with Gasteiger partial charge in [-0.05, 0) is 12.8 Å². The summed E-state index contributed by atoms with van der Waals surface area (Å²) in [6, 6.07) is 7.66. The van der Waals surface area contributed by atoms with E-state index in [4.69, 9.17) is 4.42 Å². The lowest BCUT2D eigenvalue weighted by atomic mass is 10.1. The van der Waals surface area contributed by atoms with E-state index in [2.05, 4.69) is 10.3 Å². The molecule has 1 amide bonds. The minimum atomic E-state index is -0.580. The Morgan fingerprint density at radius 2 is 2.00 bits per heavy atom. The third-order valence-corrected chi connectivity index (χ3v) is 3.34. The van der Waals surface area contributed by atoms with E-state index in [0.29, 0.717) is 5.76 Å². The first kappa shape index (κ1) is 15.3.